The third-order valence-corrected chi connectivity index (χ3v) is 4.37. The predicted molar refractivity (Wildman–Crippen MR) is 92.6 cm³/mol. The quantitative estimate of drug-likeness (QED) is 0.813. The van der Waals surface area contributed by atoms with Gasteiger partial charge in [-0.25, -0.2) is 0 Å². The fourth-order valence-electron chi connectivity index (χ4n) is 3.13. The van der Waals surface area contributed by atoms with Crippen LogP contribution < -0.4 is 20.1 Å². The Morgan fingerprint density at radius 1 is 1.32 bits per heavy atom. The highest BCUT2D eigenvalue weighted by atomic mass is 16.6. The molecule has 0 saturated carbocycles. The van der Waals surface area contributed by atoms with Crippen LogP contribution in [0.1, 0.15) is 19.3 Å². The van der Waals surface area contributed by atoms with Crippen molar-refractivity contribution >= 4 is 11.8 Å². The van der Waals surface area contributed by atoms with Gasteiger partial charge >= 0.3 is 0 Å². The third-order valence-electron chi connectivity index (χ3n) is 4.37. The molecule has 7 heteroatoms. The molecule has 136 valence electrons. The molecule has 0 aromatic heterocycles. The van der Waals surface area contributed by atoms with E-state index in [0.717, 1.165) is 24.3 Å². The Morgan fingerprint density at radius 3 is 2.96 bits per heavy atom. The van der Waals surface area contributed by atoms with Gasteiger partial charge in [0.2, 0.25) is 11.8 Å². The van der Waals surface area contributed by atoms with E-state index >= 15 is 0 Å². The molecule has 0 spiro atoms. The lowest BCUT2D eigenvalue weighted by Gasteiger charge is -2.29. The lowest BCUT2D eigenvalue weighted by Crippen LogP contribution is -2.49. The van der Waals surface area contributed by atoms with Crippen molar-refractivity contribution in [3.63, 3.8) is 0 Å². The molecule has 1 saturated heterocycles. The fraction of sp³-hybridized carbons (Fsp3) is 0.556. The van der Waals surface area contributed by atoms with Crippen LogP contribution in [0.2, 0.25) is 0 Å². The van der Waals surface area contributed by atoms with Crippen molar-refractivity contribution in [2.45, 2.75) is 31.4 Å². The maximum Gasteiger partial charge on any atom is 0.242 e. The molecule has 2 amide bonds. The lowest BCUT2D eigenvalue weighted by molar-refractivity contribution is -0.129. The van der Waals surface area contributed by atoms with Crippen LogP contribution >= 0.6 is 0 Å². The summed E-state index contributed by atoms with van der Waals surface area (Å²) in [6.07, 6.45) is 2.45. The van der Waals surface area contributed by atoms with E-state index in [2.05, 4.69) is 10.6 Å². The topological polar surface area (TPSA) is 79.9 Å². The zero-order chi connectivity index (χ0) is 17.6. The van der Waals surface area contributed by atoms with Crippen LogP contribution in [0.3, 0.4) is 0 Å². The number of carbonyl (C=O) groups excluding carboxylic acids is 2. The molecule has 1 aromatic carbocycles. The van der Waals surface area contributed by atoms with Crippen molar-refractivity contribution in [2.24, 2.45) is 0 Å². The molecule has 25 heavy (non-hydrogen) atoms. The number of nitrogens with one attached hydrogen (secondary N) is 2. The van der Waals surface area contributed by atoms with Crippen LogP contribution in [0, 0.1) is 0 Å². The largest absolute Gasteiger partial charge is 0.486 e. The average Bonchev–Trinajstić information content (AvgIpc) is 2.79. The standard InChI is InChI=1S/C18H25N3O4/c1-21(10-13-12-24-15-7-2-3-8-16(15)25-13)11-17(22)20-14-6-4-5-9-19-18(14)23/h2-3,7-8,13-14H,4-6,9-12H2,1H3,(H,19,23)(H,20,22)/t13-,14+/m0/s1. The van der Waals surface area contributed by atoms with Gasteiger partial charge in [0.05, 0.1) is 6.54 Å². The summed E-state index contributed by atoms with van der Waals surface area (Å²) in [5, 5.41) is 5.65. The van der Waals surface area contributed by atoms with E-state index in [-0.39, 0.29) is 24.5 Å². The molecular weight excluding hydrogens is 322 g/mol. The van der Waals surface area contributed by atoms with E-state index in [0.29, 0.717) is 26.1 Å². The number of likely N-dealkylation sites (N-methyl/N-ethyl adjacent to an activating group) is 1. The number of hydrogen-bond acceptors (Lipinski definition) is 5. The van der Waals surface area contributed by atoms with E-state index < -0.39 is 6.04 Å². The Bertz CT molecular complexity index is 622. The van der Waals surface area contributed by atoms with Crippen LogP contribution in [0.25, 0.3) is 0 Å². The summed E-state index contributed by atoms with van der Waals surface area (Å²) in [7, 11) is 1.86. The molecule has 2 N–H and O–H groups in total. The molecule has 2 atom stereocenters. The predicted octanol–water partition coefficient (Wildman–Crippen LogP) is 0.543. The second kappa shape index (κ2) is 8.20. The molecule has 2 aliphatic rings. The number of fused-ring (bicyclic) bond motifs is 1. The van der Waals surface area contributed by atoms with Crippen LogP contribution in [0.4, 0.5) is 0 Å². The van der Waals surface area contributed by atoms with Gasteiger partial charge < -0.3 is 20.1 Å². The van der Waals surface area contributed by atoms with Gasteiger partial charge in [0.25, 0.3) is 0 Å². The first-order valence-corrected chi connectivity index (χ1v) is 8.76. The Balaban J connectivity index is 1.45. The number of rotatable bonds is 5. The molecule has 0 unspecified atom stereocenters. The molecule has 1 aromatic rings. The zero-order valence-electron chi connectivity index (χ0n) is 14.5. The van der Waals surface area contributed by atoms with Crippen molar-refractivity contribution < 1.29 is 19.1 Å². The van der Waals surface area contributed by atoms with Gasteiger partial charge in [-0.2, -0.15) is 0 Å². The minimum absolute atomic E-state index is 0.0888. The summed E-state index contributed by atoms with van der Waals surface area (Å²) in [6, 6.07) is 7.13. The molecule has 0 aliphatic carbocycles. The van der Waals surface area contributed by atoms with Gasteiger partial charge in [-0.1, -0.05) is 12.1 Å². The number of carbonyl (C=O) groups is 2. The van der Waals surface area contributed by atoms with E-state index in [1.807, 2.05) is 36.2 Å². The summed E-state index contributed by atoms with van der Waals surface area (Å²) < 4.78 is 11.6. The number of ether oxygens (including phenoxy) is 2. The van der Waals surface area contributed by atoms with Gasteiger partial charge in [0.15, 0.2) is 11.5 Å². The third kappa shape index (κ3) is 4.85. The van der Waals surface area contributed by atoms with Crippen molar-refractivity contribution in [3.05, 3.63) is 24.3 Å². The van der Waals surface area contributed by atoms with Crippen molar-refractivity contribution in [3.8, 4) is 11.5 Å². The highest BCUT2D eigenvalue weighted by Gasteiger charge is 2.25. The number of para-hydroxylation sites is 2. The number of hydrogen-bond donors (Lipinski definition) is 2. The van der Waals surface area contributed by atoms with Gasteiger partial charge in [-0.3, -0.25) is 14.5 Å². The molecule has 0 bridgehead atoms. The summed E-state index contributed by atoms with van der Waals surface area (Å²) in [5.41, 5.74) is 0. The molecule has 2 aliphatic heterocycles. The smallest absolute Gasteiger partial charge is 0.242 e. The van der Waals surface area contributed by atoms with E-state index in [1.165, 1.54) is 0 Å². The van der Waals surface area contributed by atoms with Crippen molar-refractivity contribution in [2.75, 3.05) is 33.3 Å². The zero-order valence-corrected chi connectivity index (χ0v) is 14.5. The minimum atomic E-state index is -0.426. The second-order valence-corrected chi connectivity index (χ2v) is 6.60. The van der Waals surface area contributed by atoms with Gasteiger partial charge in [0, 0.05) is 13.1 Å². The summed E-state index contributed by atoms with van der Waals surface area (Å²) >= 11 is 0. The maximum absolute atomic E-state index is 12.2. The van der Waals surface area contributed by atoms with Gasteiger partial charge in [-0.15, -0.1) is 0 Å². The Morgan fingerprint density at radius 2 is 2.12 bits per heavy atom. The lowest BCUT2D eigenvalue weighted by atomic mass is 10.1. The molecule has 3 rings (SSSR count). The molecular formula is C18H25N3O4. The highest BCUT2D eigenvalue weighted by Crippen LogP contribution is 2.30. The first kappa shape index (κ1) is 17.5. The van der Waals surface area contributed by atoms with Crippen LogP contribution in [0.5, 0.6) is 11.5 Å². The van der Waals surface area contributed by atoms with Crippen LogP contribution in [-0.4, -0.2) is 62.1 Å². The SMILES string of the molecule is CN(CC(=O)N[C@@H]1CCCCNC1=O)C[C@H]1COc2ccccc2O1. The normalized spacial score (nSPS) is 22.9. The average molecular weight is 347 g/mol. The van der Waals surface area contributed by atoms with Crippen molar-refractivity contribution in [1.82, 2.24) is 15.5 Å². The molecule has 7 nitrogen and oxygen atoms in total. The highest BCUT2D eigenvalue weighted by molar-refractivity contribution is 5.88. The van der Waals surface area contributed by atoms with Gasteiger partial charge in [0.1, 0.15) is 18.8 Å². The number of amides is 2. The number of benzene rings is 1. The minimum Gasteiger partial charge on any atom is -0.486 e. The second-order valence-electron chi connectivity index (χ2n) is 6.60. The van der Waals surface area contributed by atoms with Crippen molar-refractivity contribution in [1.29, 1.82) is 0 Å². The van der Waals surface area contributed by atoms with Gasteiger partial charge in [-0.05, 0) is 38.4 Å². The summed E-state index contributed by atoms with van der Waals surface area (Å²) in [5.74, 6) is 1.24. The Hall–Kier alpha value is -2.28. The first-order chi connectivity index (χ1) is 12.1. The van der Waals surface area contributed by atoms with E-state index in [4.69, 9.17) is 9.47 Å². The van der Waals surface area contributed by atoms with Crippen LogP contribution in [0.15, 0.2) is 24.3 Å². The molecule has 0 radical (unpaired) electrons. The Kier molecular flexibility index (Phi) is 5.75. The molecule has 2 heterocycles. The first-order valence-electron chi connectivity index (χ1n) is 8.76. The van der Waals surface area contributed by atoms with E-state index in [9.17, 15) is 9.59 Å². The maximum atomic E-state index is 12.2. The van der Waals surface area contributed by atoms with Crippen LogP contribution in [-0.2, 0) is 9.59 Å². The summed E-state index contributed by atoms with van der Waals surface area (Å²) in [6.45, 7) is 1.92. The summed E-state index contributed by atoms with van der Waals surface area (Å²) in [4.78, 5) is 26.0. The number of nitrogens with zero attached hydrogens (tertiary/aromatic N) is 1. The fourth-order valence-corrected chi connectivity index (χ4v) is 3.13. The van der Waals surface area contributed by atoms with E-state index in [1.54, 1.807) is 0 Å². The molecule has 1 fully saturated rings. The Labute approximate surface area is 147 Å². The monoisotopic (exact) mass is 347 g/mol.